The molecular weight excluding hydrogens is 288 g/mol. The fourth-order valence-corrected chi connectivity index (χ4v) is 2.35. The lowest BCUT2D eigenvalue weighted by Gasteiger charge is -2.03. The summed E-state index contributed by atoms with van der Waals surface area (Å²) in [6.07, 6.45) is 1.76. The molecule has 0 fully saturated rings. The van der Waals surface area contributed by atoms with Crippen LogP contribution in [0.3, 0.4) is 0 Å². The summed E-state index contributed by atoms with van der Waals surface area (Å²) in [6.45, 7) is 0. The van der Waals surface area contributed by atoms with Gasteiger partial charge in [0.15, 0.2) is 0 Å². The van der Waals surface area contributed by atoms with E-state index in [-0.39, 0.29) is 0 Å². The summed E-state index contributed by atoms with van der Waals surface area (Å²) in [4.78, 5) is 0. The van der Waals surface area contributed by atoms with E-state index < -0.39 is 0 Å². The fraction of sp³-hybridized carbons (Fsp3) is 0. The smallest absolute Gasteiger partial charge is 0.0792 e. The summed E-state index contributed by atoms with van der Waals surface area (Å²) in [5, 5.41) is 6.99. The van der Waals surface area contributed by atoms with Crippen LogP contribution in [0.25, 0.3) is 22.4 Å². The molecule has 2 aromatic carbocycles. The van der Waals surface area contributed by atoms with Gasteiger partial charge in [-0.3, -0.25) is 5.10 Å². The molecule has 18 heavy (non-hydrogen) atoms. The van der Waals surface area contributed by atoms with Gasteiger partial charge in [-0.05, 0) is 27.1 Å². The Kier molecular flexibility index (Phi) is 2.99. The lowest BCUT2D eigenvalue weighted by molar-refractivity contribution is 1.10. The highest BCUT2D eigenvalue weighted by molar-refractivity contribution is 9.10. The van der Waals surface area contributed by atoms with E-state index in [1.54, 1.807) is 6.20 Å². The molecule has 0 spiro atoms. The predicted molar refractivity (Wildman–Crippen MR) is 77.2 cm³/mol. The summed E-state index contributed by atoms with van der Waals surface area (Å²) in [5.41, 5.74) is 4.58. The fourth-order valence-electron chi connectivity index (χ4n) is 1.93. The topological polar surface area (TPSA) is 28.7 Å². The Morgan fingerprint density at radius 1 is 0.778 bits per heavy atom. The molecule has 88 valence electrons. The molecule has 0 amide bonds. The number of rotatable bonds is 2. The Balaban J connectivity index is 1.97. The molecule has 0 atom stereocenters. The van der Waals surface area contributed by atoms with Gasteiger partial charge in [-0.1, -0.05) is 54.6 Å². The second-order valence-corrected chi connectivity index (χ2v) is 4.89. The van der Waals surface area contributed by atoms with E-state index >= 15 is 0 Å². The predicted octanol–water partition coefficient (Wildman–Crippen LogP) is 4.51. The van der Waals surface area contributed by atoms with Gasteiger partial charge >= 0.3 is 0 Å². The Bertz CT molecular complexity index is 642. The van der Waals surface area contributed by atoms with Gasteiger partial charge in [0, 0.05) is 5.56 Å². The molecule has 0 saturated carbocycles. The third-order valence-corrected chi connectivity index (χ3v) is 3.48. The van der Waals surface area contributed by atoms with Crippen LogP contribution in [0.5, 0.6) is 0 Å². The highest BCUT2D eigenvalue weighted by Crippen LogP contribution is 2.27. The van der Waals surface area contributed by atoms with Gasteiger partial charge in [0.05, 0.1) is 16.4 Å². The highest BCUT2D eigenvalue weighted by Gasteiger charge is 2.05. The first kappa shape index (κ1) is 11.2. The lowest BCUT2D eigenvalue weighted by Crippen LogP contribution is -1.81. The second-order valence-electron chi connectivity index (χ2n) is 4.04. The van der Waals surface area contributed by atoms with Crippen molar-refractivity contribution in [1.29, 1.82) is 0 Å². The zero-order valence-corrected chi connectivity index (χ0v) is 11.2. The molecule has 0 unspecified atom stereocenters. The van der Waals surface area contributed by atoms with Crippen molar-refractivity contribution < 1.29 is 0 Å². The molecule has 0 aliphatic rings. The molecule has 1 heterocycles. The normalized spacial score (nSPS) is 10.5. The molecule has 0 saturated heterocycles. The zero-order chi connectivity index (χ0) is 12.4. The molecule has 2 nitrogen and oxygen atoms in total. The molecule has 1 aromatic heterocycles. The molecule has 3 rings (SSSR count). The molecule has 3 heteroatoms. The van der Waals surface area contributed by atoms with Gasteiger partial charge in [-0.25, -0.2) is 0 Å². The van der Waals surface area contributed by atoms with E-state index in [0.29, 0.717) is 0 Å². The largest absolute Gasteiger partial charge is 0.277 e. The minimum Gasteiger partial charge on any atom is -0.277 e. The van der Waals surface area contributed by atoms with Crippen molar-refractivity contribution >= 4 is 15.9 Å². The summed E-state index contributed by atoms with van der Waals surface area (Å²) in [6, 6.07) is 18.8. The lowest BCUT2D eigenvalue weighted by atomic mass is 10.0. The van der Waals surface area contributed by atoms with Crippen molar-refractivity contribution in [3.8, 4) is 22.4 Å². The van der Waals surface area contributed by atoms with Gasteiger partial charge in [0.1, 0.15) is 0 Å². The van der Waals surface area contributed by atoms with E-state index in [1.807, 2.05) is 6.07 Å². The summed E-state index contributed by atoms with van der Waals surface area (Å²) in [7, 11) is 0. The highest BCUT2D eigenvalue weighted by atomic mass is 79.9. The van der Waals surface area contributed by atoms with Crippen molar-refractivity contribution in [3.05, 3.63) is 65.3 Å². The van der Waals surface area contributed by atoms with Crippen LogP contribution < -0.4 is 0 Å². The zero-order valence-electron chi connectivity index (χ0n) is 9.60. The molecule has 0 bridgehead atoms. The number of nitrogens with zero attached hydrogens (tertiary/aromatic N) is 1. The molecule has 0 aliphatic carbocycles. The van der Waals surface area contributed by atoms with Crippen molar-refractivity contribution in [2.24, 2.45) is 0 Å². The van der Waals surface area contributed by atoms with Gasteiger partial charge in [0.2, 0.25) is 0 Å². The standard InChI is InChI=1S/C15H11BrN2/c16-14-10-17-18-15(14)13-8-6-12(7-9-13)11-4-2-1-3-5-11/h1-10H,(H,17,18). The number of hydrogen-bond acceptors (Lipinski definition) is 1. The third-order valence-electron chi connectivity index (χ3n) is 2.87. The van der Waals surface area contributed by atoms with Crippen LogP contribution in [0.1, 0.15) is 0 Å². The first-order valence-corrected chi connectivity index (χ1v) is 6.48. The van der Waals surface area contributed by atoms with Crippen LogP contribution in [0.15, 0.2) is 65.3 Å². The van der Waals surface area contributed by atoms with E-state index in [1.165, 1.54) is 11.1 Å². The first-order valence-electron chi connectivity index (χ1n) is 5.69. The van der Waals surface area contributed by atoms with E-state index in [0.717, 1.165) is 15.7 Å². The van der Waals surface area contributed by atoms with Crippen LogP contribution in [0.4, 0.5) is 0 Å². The summed E-state index contributed by atoms with van der Waals surface area (Å²) >= 11 is 3.47. The number of halogens is 1. The number of aromatic nitrogens is 2. The van der Waals surface area contributed by atoms with E-state index in [2.05, 4.69) is 74.7 Å². The Labute approximate surface area is 114 Å². The van der Waals surface area contributed by atoms with Crippen LogP contribution in [0.2, 0.25) is 0 Å². The van der Waals surface area contributed by atoms with Crippen LogP contribution in [-0.2, 0) is 0 Å². The van der Waals surface area contributed by atoms with Crippen LogP contribution in [0, 0.1) is 0 Å². The molecule has 3 aromatic rings. The molecule has 0 radical (unpaired) electrons. The van der Waals surface area contributed by atoms with Crippen LogP contribution in [-0.4, -0.2) is 10.2 Å². The third kappa shape index (κ3) is 2.09. The second kappa shape index (κ2) is 4.78. The van der Waals surface area contributed by atoms with Crippen molar-refractivity contribution in [2.75, 3.05) is 0 Å². The van der Waals surface area contributed by atoms with E-state index in [9.17, 15) is 0 Å². The number of benzene rings is 2. The summed E-state index contributed by atoms with van der Waals surface area (Å²) < 4.78 is 0.981. The SMILES string of the molecule is Brc1cn[nH]c1-c1ccc(-c2ccccc2)cc1. The minimum atomic E-state index is 0.981. The van der Waals surface area contributed by atoms with E-state index in [4.69, 9.17) is 0 Å². The monoisotopic (exact) mass is 298 g/mol. The maximum atomic E-state index is 4.01. The quantitative estimate of drug-likeness (QED) is 0.741. The Morgan fingerprint density at radius 3 is 2.00 bits per heavy atom. The number of aromatic amines is 1. The average Bonchev–Trinajstić information content (AvgIpc) is 2.86. The maximum Gasteiger partial charge on any atom is 0.0792 e. The number of hydrogen-bond donors (Lipinski definition) is 1. The number of H-pyrrole nitrogens is 1. The summed E-state index contributed by atoms with van der Waals surface area (Å²) in [5.74, 6) is 0. The molecule has 1 N–H and O–H groups in total. The van der Waals surface area contributed by atoms with Gasteiger partial charge in [0.25, 0.3) is 0 Å². The van der Waals surface area contributed by atoms with Crippen molar-refractivity contribution in [3.63, 3.8) is 0 Å². The molecule has 0 aliphatic heterocycles. The Morgan fingerprint density at radius 2 is 1.39 bits per heavy atom. The van der Waals surface area contributed by atoms with Gasteiger partial charge in [-0.2, -0.15) is 5.10 Å². The minimum absolute atomic E-state index is 0.981. The van der Waals surface area contributed by atoms with Crippen molar-refractivity contribution in [1.82, 2.24) is 10.2 Å². The van der Waals surface area contributed by atoms with Gasteiger partial charge in [-0.15, -0.1) is 0 Å². The maximum absolute atomic E-state index is 4.01. The Hall–Kier alpha value is -1.87. The molecular formula is C15H11BrN2. The van der Waals surface area contributed by atoms with Gasteiger partial charge < -0.3 is 0 Å². The first-order chi connectivity index (χ1) is 8.84. The number of nitrogens with one attached hydrogen (secondary N) is 1. The average molecular weight is 299 g/mol. The van der Waals surface area contributed by atoms with Crippen molar-refractivity contribution in [2.45, 2.75) is 0 Å². The van der Waals surface area contributed by atoms with Crippen LogP contribution >= 0.6 is 15.9 Å².